The molecule has 9 heteroatoms. The van der Waals surface area contributed by atoms with Gasteiger partial charge in [0.05, 0.1) is 10.8 Å². The summed E-state index contributed by atoms with van der Waals surface area (Å²) in [6, 6.07) is 29.2. The van der Waals surface area contributed by atoms with E-state index in [4.69, 9.17) is 5.11 Å². The van der Waals surface area contributed by atoms with Crippen LogP contribution in [-0.2, 0) is 9.59 Å². The first kappa shape index (κ1) is 29.8. The van der Waals surface area contributed by atoms with Crippen LogP contribution in [0.5, 0.6) is 0 Å². The minimum atomic E-state index is -1.04. The number of carbonyl (C=O) groups is 4. The Bertz CT molecular complexity index is 1640. The lowest BCUT2D eigenvalue weighted by molar-refractivity contribution is -0.115. The number of hydrogen-bond acceptors (Lipinski definition) is 5. The van der Waals surface area contributed by atoms with Crippen LogP contribution in [0.15, 0.2) is 114 Å². The molecule has 42 heavy (non-hydrogen) atoms. The van der Waals surface area contributed by atoms with E-state index in [9.17, 15) is 19.2 Å². The number of benzene rings is 4. The van der Waals surface area contributed by atoms with Crippen molar-refractivity contribution in [2.75, 3.05) is 10.6 Å². The summed E-state index contributed by atoms with van der Waals surface area (Å²) in [6.45, 7) is 3.67. The zero-order chi connectivity index (χ0) is 30.1. The average molecular weight is 580 g/mol. The summed E-state index contributed by atoms with van der Waals surface area (Å²) < 4.78 is 0. The normalized spacial score (nSPS) is 11.7. The number of carboxylic acid groups (broad SMARTS) is 1. The van der Waals surface area contributed by atoms with Crippen molar-refractivity contribution in [3.05, 3.63) is 131 Å². The number of rotatable bonds is 10. The summed E-state index contributed by atoms with van der Waals surface area (Å²) in [5.41, 5.74) is 3.35. The summed E-state index contributed by atoms with van der Waals surface area (Å²) in [4.78, 5) is 50.8. The largest absolute Gasteiger partial charge is 0.478 e. The molecule has 212 valence electrons. The van der Waals surface area contributed by atoms with Gasteiger partial charge < -0.3 is 21.1 Å². The Labute approximate surface area is 247 Å². The molecule has 0 spiro atoms. The fourth-order valence-corrected chi connectivity index (χ4v) is 4.82. The van der Waals surface area contributed by atoms with Gasteiger partial charge in [-0.25, -0.2) is 4.79 Å². The number of thioether (sulfide) groups is 1. The minimum absolute atomic E-state index is 0.0814. The molecule has 4 rings (SSSR count). The van der Waals surface area contributed by atoms with E-state index < -0.39 is 23.0 Å². The SMILES string of the molecule is Cc1ccccc1/C=C(\NC(=O)c1ccccc1)C(=O)Nc1cccc(SC(C)C(=O)Nc2ccc(C(=O)O)cc2)c1. The van der Waals surface area contributed by atoms with Crippen molar-refractivity contribution in [3.63, 3.8) is 0 Å². The first-order chi connectivity index (χ1) is 20.2. The van der Waals surface area contributed by atoms with Gasteiger partial charge in [-0.3, -0.25) is 14.4 Å². The van der Waals surface area contributed by atoms with Crippen LogP contribution in [0.3, 0.4) is 0 Å². The van der Waals surface area contributed by atoms with Crippen molar-refractivity contribution in [2.45, 2.75) is 24.0 Å². The Morgan fingerprint density at radius 3 is 2.14 bits per heavy atom. The zero-order valence-electron chi connectivity index (χ0n) is 23.0. The maximum absolute atomic E-state index is 13.4. The van der Waals surface area contributed by atoms with E-state index in [0.717, 1.165) is 16.0 Å². The molecule has 1 atom stereocenters. The van der Waals surface area contributed by atoms with Gasteiger partial charge in [-0.2, -0.15) is 0 Å². The summed E-state index contributed by atoms with van der Waals surface area (Å²) in [5, 5.41) is 16.9. The maximum atomic E-state index is 13.4. The predicted octanol–water partition coefficient (Wildman–Crippen LogP) is 6.22. The highest BCUT2D eigenvalue weighted by Crippen LogP contribution is 2.27. The third kappa shape index (κ3) is 8.18. The Balaban J connectivity index is 1.46. The fourth-order valence-electron chi connectivity index (χ4n) is 3.89. The second-order valence-corrected chi connectivity index (χ2v) is 10.8. The maximum Gasteiger partial charge on any atom is 0.335 e. The van der Waals surface area contributed by atoms with Crippen LogP contribution in [0.4, 0.5) is 11.4 Å². The monoisotopic (exact) mass is 579 g/mol. The zero-order valence-corrected chi connectivity index (χ0v) is 23.8. The fraction of sp³-hybridized carbons (Fsp3) is 0.0909. The molecule has 8 nitrogen and oxygen atoms in total. The molecule has 0 radical (unpaired) electrons. The third-order valence-corrected chi connectivity index (χ3v) is 7.28. The first-order valence-electron chi connectivity index (χ1n) is 13.1. The molecular formula is C33H29N3O5S. The molecular weight excluding hydrogens is 550 g/mol. The lowest BCUT2D eigenvalue weighted by atomic mass is 10.1. The molecule has 0 aromatic heterocycles. The molecule has 3 amide bonds. The highest BCUT2D eigenvalue weighted by molar-refractivity contribution is 8.00. The minimum Gasteiger partial charge on any atom is -0.478 e. The lowest BCUT2D eigenvalue weighted by Gasteiger charge is -2.14. The van der Waals surface area contributed by atoms with Gasteiger partial charge in [0, 0.05) is 21.8 Å². The van der Waals surface area contributed by atoms with Gasteiger partial charge in [0.2, 0.25) is 5.91 Å². The van der Waals surface area contributed by atoms with Gasteiger partial charge in [0.25, 0.3) is 11.8 Å². The summed E-state index contributed by atoms with van der Waals surface area (Å²) >= 11 is 1.30. The van der Waals surface area contributed by atoms with Gasteiger partial charge >= 0.3 is 5.97 Å². The van der Waals surface area contributed by atoms with Crippen molar-refractivity contribution in [3.8, 4) is 0 Å². The predicted molar refractivity (Wildman–Crippen MR) is 165 cm³/mol. The van der Waals surface area contributed by atoms with Crippen LogP contribution >= 0.6 is 11.8 Å². The number of aromatic carboxylic acids is 1. The van der Waals surface area contributed by atoms with Crippen LogP contribution in [-0.4, -0.2) is 34.0 Å². The van der Waals surface area contributed by atoms with Crippen LogP contribution < -0.4 is 16.0 Å². The van der Waals surface area contributed by atoms with E-state index in [1.54, 1.807) is 55.5 Å². The topological polar surface area (TPSA) is 125 Å². The van der Waals surface area contributed by atoms with Gasteiger partial charge in [-0.05, 0) is 85.6 Å². The number of amides is 3. The summed E-state index contributed by atoms with van der Waals surface area (Å²) in [6.07, 6.45) is 1.64. The molecule has 0 fully saturated rings. The molecule has 0 aliphatic heterocycles. The average Bonchev–Trinajstić information content (AvgIpc) is 2.98. The standard InChI is InChI=1S/C33H29N3O5S/c1-21-9-6-7-12-25(21)19-29(36-31(38)23-10-4-3-5-11-23)32(39)35-27-13-8-14-28(20-27)42-22(2)30(37)34-26-17-15-24(16-18-26)33(40)41/h3-20,22H,1-2H3,(H,34,37)(H,35,39)(H,36,38)(H,40,41)/b29-19-. The second kappa shape index (κ2) is 14.0. The quantitative estimate of drug-likeness (QED) is 0.131. The van der Waals surface area contributed by atoms with Crippen LogP contribution in [0.2, 0.25) is 0 Å². The van der Waals surface area contributed by atoms with E-state index in [-0.39, 0.29) is 17.2 Å². The number of carbonyl (C=O) groups excluding carboxylic acids is 3. The molecule has 1 unspecified atom stereocenters. The number of aryl methyl sites for hydroxylation is 1. The Morgan fingerprint density at radius 1 is 0.762 bits per heavy atom. The van der Waals surface area contributed by atoms with E-state index >= 15 is 0 Å². The first-order valence-corrected chi connectivity index (χ1v) is 13.9. The third-order valence-electron chi connectivity index (χ3n) is 6.19. The molecule has 0 aliphatic rings. The molecule has 0 heterocycles. The number of anilines is 2. The van der Waals surface area contributed by atoms with Gasteiger partial charge in [0.1, 0.15) is 5.70 Å². The van der Waals surface area contributed by atoms with Crippen LogP contribution in [0.1, 0.15) is 38.8 Å². The van der Waals surface area contributed by atoms with E-state index in [1.165, 1.54) is 36.0 Å². The summed E-state index contributed by atoms with van der Waals surface area (Å²) in [7, 11) is 0. The Hall–Kier alpha value is -5.15. The molecule has 0 saturated carbocycles. The van der Waals surface area contributed by atoms with Crippen molar-refractivity contribution in [1.82, 2.24) is 5.32 Å². The van der Waals surface area contributed by atoms with Crippen molar-refractivity contribution >= 4 is 52.9 Å². The van der Waals surface area contributed by atoms with Crippen molar-refractivity contribution in [1.29, 1.82) is 0 Å². The van der Waals surface area contributed by atoms with Gasteiger partial charge in [-0.15, -0.1) is 11.8 Å². The summed E-state index contributed by atoms with van der Waals surface area (Å²) in [5.74, 6) is -2.21. The Morgan fingerprint density at radius 2 is 1.45 bits per heavy atom. The molecule has 0 saturated heterocycles. The van der Waals surface area contributed by atoms with Crippen LogP contribution in [0.25, 0.3) is 6.08 Å². The lowest BCUT2D eigenvalue weighted by Crippen LogP contribution is -2.30. The van der Waals surface area contributed by atoms with Gasteiger partial charge in [0.15, 0.2) is 0 Å². The van der Waals surface area contributed by atoms with Crippen molar-refractivity contribution in [2.24, 2.45) is 0 Å². The Kier molecular flexibility index (Phi) is 9.91. The van der Waals surface area contributed by atoms with Crippen LogP contribution in [0, 0.1) is 6.92 Å². The number of nitrogens with one attached hydrogen (secondary N) is 3. The highest BCUT2D eigenvalue weighted by Gasteiger charge is 2.18. The second-order valence-electron chi connectivity index (χ2n) is 9.35. The van der Waals surface area contributed by atoms with E-state index in [1.807, 2.05) is 43.3 Å². The smallest absolute Gasteiger partial charge is 0.335 e. The van der Waals surface area contributed by atoms with E-state index in [0.29, 0.717) is 16.9 Å². The molecule has 0 aliphatic carbocycles. The highest BCUT2D eigenvalue weighted by atomic mass is 32.2. The number of carboxylic acids is 1. The molecule has 0 bridgehead atoms. The van der Waals surface area contributed by atoms with Crippen molar-refractivity contribution < 1.29 is 24.3 Å². The number of hydrogen-bond donors (Lipinski definition) is 4. The molecule has 4 aromatic rings. The van der Waals surface area contributed by atoms with E-state index in [2.05, 4.69) is 16.0 Å². The molecule has 4 N–H and O–H groups in total. The van der Waals surface area contributed by atoms with Gasteiger partial charge in [-0.1, -0.05) is 48.5 Å². The molecule has 4 aromatic carbocycles.